The number of nitrogens with one attached hydrogen (secondary N) is 1. The average molecular weight is 372 g/mol. The molecule has 138 valence electrons. The van der Waals surface area contributed by atoms with Crippen molar-refractivity contribution in [1.82, 2.24) is 4.98 Å². The third-order valence-electron chi connectivity index (χ3n) is 5.16. The van der Waals surface area contributed by atoms with Crippen molar-refractivity contribution in [3.05, 3.63) is 115 Å². The quantitative estimate of drug-likeness (QED) is 0.322. The van der Waals surface area contributed by atoms with E-state index in [1.165, 1.54) is 5.39 Å². The second-order valence-electron chi connectivity index (χ2n) is 6.98. The number of hydrogen-bond acceptors (Lipinski definition) is 1. The second kappa shape index (κ2) is 7.61. The second-order valence-corrected chi connectivity index (χ2v) is 6.98. The summed E-state index contributed by atoms with van der Waals surface area (Å²) in [6.07, 6.45) is 3.93. The van der Waals surface area contributed by atoms with Crippen LogP contribution in [0.5, 0.6) is 0 Å². The number of H-pyrrole nitrogens is 1. The van der Waals surface area contributed by atoms with Gasteiger partial charge < -0.3 is 4.98 Å². The number of rotatable bonds is 4. The molecule has 0 fully saturated rings. The zero-order chi connectivity index (χ0) is 19.5. The molecule has 0 unspecified atom stereocenters. The molecule has 2 heteroatoms. The topological polar surface area (TPSA) is 28.1 Å². The fourth-order valence-corrected chi connectivity index (χ4v) is 3.73. The van der Waals surface area contributed by atoms with Crippen molar-refractivity contribution in [2.45, 2.75) is 0 Å². The van der Waals surface area contributed by atoms with Crippen molar-refractivity contribution in [3.8, 4) is 22.3 Å². The smallest absolute Gasteiger partial charge is 0.0786 e. The van der Waals surface area contributed by atoms with Crippen LogP contribution < -0.4 is 0 Å². The molecular formula is C27H20N2. The lowest BCUT2D eigenvalue weighted by Gasteiger charge is -2.12. The lowest BCUT2D eigenvalue weighted by atomic mass is 9.96. The highest BCUT2D eigenvalue weighted by atomic mass is 14.7. The Morgan fingerprint density at radius 2 is 1.21 bits per heavy atom. The standard InChI is InChI=1S/C27H20N2/c1-3-9-20(10-4-1)24-15-8-16-25(21-11-5-2-6-12-21)27(24)29-19-23-14-7-13-22-17-18-28-26(22)23/h1-19,28H/b29-19+. The Morgan fingerprint density at radius 3 is 1.86 bits per heavy atom. The maximum atomic E-state index is 5.01. The molecular weight excluding hydrogens is 352 g/mol. The van der Waals surface area contributed by atoms with Crippen molar-refractivity contribution >= 4 is 22.8 Å². The van der Waals surface area contributed by atoms with Gasteiger partial charge in [-0.05, 0) is 17.2 Å². The minimum Gasteiger partial charge on any atom is -0.361 e. The number of aliphatic imine (C=N–C) groups is 1. The summed E-state index contributed by atoms with van der Waals surface area (Å²) in [6, 6.07) is 35.6. The molecule has 0 radical (unpaired) electrons. The van der Waals surface area contributed by atoms with E-state index in [9.17, 15) is 0 Å². The van der Waals surface area contributed by atoms with Crippen LogP contribution in [0.25, 0.3) is 33.2 Å². The van der Waals surface area contributed by atoms with Crippen LogP contribution in [-0.4, -0.2) is 11.2 Å². The molecule has 0 aliphatic heterocycles. The van der Waals surface area contributed by atoms with Crippen LogP contribution in [0, 0.1) is 0 Å². The molecule has 0 saturated carbocycles. The fraction of sp³-hybridized carbons (Fsp3) is 0. The SMILES string of the molecule is C(=N\c1c(-c2ccccc2)cccc1-c1ccccc1)/c1cccc2cc[nH]c12. The Hall–Kier alpha value is -3.91. The van der Waals surface area contributed by atoms with Gasteiger partial charge in [-0.25, -0.2) is 0 Å². The Balaban J connectivity index is 1.70. The molecule has 0 amide bonds. The molecule has 5 rings (SSSR count). The third-order valence-corrected chi connectivity index (χ3v) is 5.16. The molecule has 2 nitrogen and oxygen atoms in total. The van der Waals surface area contributed by atoms with Gasteiger partial charge in [-0.1, -0.05) is 97.1 Å². The Bertz CT molecular complexity index is 1220. The molecule has 5 aromatic rings. The molecule has 1 N–H and O–H groups in total. The monoisotopic (exact) mass is 372 g/mol. The minimum atomic E-state index is 0.980. The van der Waals surface area contributed by atoms with Crippen molar-refractivity contribution < 1.29 is 0 Å². The number of fused-ring (bicyclic) bond motifs is 1. The lowest BCUT2D eigenvalue weighted by molar-refractivity contribution is 1.46. The van der Waals surface area contributed by atoms with E-state index in [-0.39, 0.29) is 0 Å². The highest BCUT2D eigenvalue weighted by Gasteiger charge is 2.11. The van der Waals surface area contributed by atoms with Gasteiger partial charge in [0, 0.05) is 34.5 Å². The largest absolute Gasteiger partial charge is 0.361 e. The van der Waals surface area contributed by atoms with Crippen molar-refractivity contribution in [1.29, 1.82) is 0 Å². The summed E-state index contributed by atoms with van der Waals surface area (Å²) in [4.78, 5) is 8.34. The summed E-state index contributed by atoms with van der Waals surface area (Å²) in [5.41, 5.74) is 7.74. The Kier molecular flexibility index (Phi) is 4.51. The number of hydrogen-bond donors (Lipinski definition) is 1. The first-order chi connectivity index (χ1) is 14.4. The molecule has 1 heterocycles. The molecule has 1 aromatic heterocycles. The molecule has 0 saturated heterocycles. The van der Waals surface area contributed by atoms with Gasteiger partial charge in [-0.3, -0.25) is 4.99 Å². The maximum Gasteiger partial charge on any atom is 0.0786 e. The molecule has 0 bridgehead atoms. The van der Waals surface area contributed by atoms with E-state index >= 15 is 0 Å². The van der Waals surface area contributed by atoms with Crippen molar-refractivity contribution in [2.75, 3.05) is 0 Å². The number of para-hydroxylation sites is 2. The maximum absolute atomic E-state index is 5.01. The third kappa shape index (κ3) is 3.37. The highest BCUT2D eigenvalue weighted by Crippen LogP contribution is 2.39. The number of aromatic amines is 1. The normalized spacial score (nSPS) is 11.3. The van der Waals surface area contributed by atoms with Gasteiger partial charge in [0.05, 0.1) is 11.2 Å². The van der Waals surface area contributed by atoms with E-state index in [1.807, 2.05) is 24.5 Å². The summed E-state index contributed by atoms with van der Waals surface area (Å²) in [7, 11) is 0. The molecule has 4 aromatic carbocycles. The number of benzene rings is 4. The van der Waals surface area contributed by atoms with Gasteiger partial charge in [0.25, 0.3) is 0 Å². The van der Waals surface area contributed by atoms with Crippen LogP contribution >= 0.6 is 0 Å². The summed E-state index contributed by atoms with van der Waals surface area (Å²) in [5, 5.41) is 1.19. The van der Waals surface area contributed by atoms with Crippen LogP contribution in [0.3, 0.4) is 0 Å². The van der Waals surface area contributed by atoms with Gasteiger partial charge in [0.15, 0.2) is 0 Å². The lowest BCUT2D eigenvalue weighted by Crippen LogP contribution is -1.87. The van der Waals surface area contributed by atoms with E-state index in [0.717, 1.165) is 39.0 Å². The van der Waals surface area contributed by atoms with E-state index in [1.54, 1.807) is 0 Å². The van der Waals surface area contributed by atoms with Crippen molar-refractivity contribution in [2.24, 2.45) is 4.99 Å². The van der Waals surface area contributed by atoms with Crippen LogP contribution in [0.1, 0.15) is 5.56 Å². The van der Waals surface area contributed by atoms with Gasteiger partial charge in [0.1, 0.15) is 0 Å². The molecule has 0 aliphatic carbocycles. The van der Waals surface area contributed by atoms with Gasteiger partial charge in [-0.15, -0.1) is 0 Å². The predicted octanol–water partition coefficient (Wildman–Crippen LogP) is 7.25. The number of nitrogens with zero attached hydrogens (tertiary/aromatic N) is 1. The first kappa shape index (κ1) is 17.2. The van der Waals surface area contributed by atoms with Gasteiger partial charge >= 0.3 is 0 Å². The van der Waals surface area contributed by atoms with Gasteiger partial charge in [-0.2, -0.15) is 0 Å². The summed E-state index contributed by atoms with van der Waals surface area (Å²) in [6.45, 7) is 0. The summed E-state index contributed by atoms with van der Waals surface area (Å²) < 4.78 is 0. The average Bonchev–Trinajstić information content (AvgIpc) is 3.28. The van der Waals surface area contributed by atoms with Crippen LogP contribution in [-0.2, 0) is 0 Å². The Labute approximate surface area is 170 Å². The minimum absolute atomic E-state index is 0.980. The molecule has 0 atom stereocenters. The first-order valence-electron chi connectivity index (χ1n) is 9.74. The van der Waals surface area contributed by atoms with E-state index in [2.05, 4.69) is 96.0 Å². The fourth-order valence-electron chi connectivity index (χ4n) is 3.73. The van der Waals surface area contributed by atoms with Crippen molar-refractivity contribution in [3.63, 3.8) is 0 Å². The number of aromatic nitrogens is 1. The van der Waals surface area contributed by atoms with Gasteiger partial charge in [0.2, 0.25) is 0 Å². The van der Waals surface area contributed by atoms with Crippen LogP contribution in [0.15, 0.2) is 114 Å². The van der Waals surface area contributed by atoms with Crippen LogP contribution in [0.4, 0.5) is 5.69 Å². The zero-order valence-electron chi connectivity index (χ0n) is 15.9. The Morgan fingerprint density at radius 1 is 0.586 bits per heavy atom. The van der Waals surface area contributed by atoms with E-state index in [0.29, 0.717) is 0 Å². The summed E-state index contributed by atoms with van der Waals surface area (Å²) in [5.74, 6) is 0. The van der Waals surface area contributed by atoms with E-state index in [4.69, 9.17) is 4.99 Å². The first-order valence-corrected chi connectivity index (χ1v) is 9.74. The molecule has 29 heavy (non-hydrogen) atoms. The zero-order valence-corrected chi connectivity index (χ0v) is 15.9. The molecule has 0 spiro atoms. The highest BCUT2D eigenvalue weighted by molar-refractivity contribution is 6.00. The predicted molar refractivity (Wildman–Crippen MR) is 123 cm³/mol. The molecule has 0 aliphatic rings. The van der Waals surface area contributed by atoms with E-state index < -0.39 is 0 Å². The van der Waals surface area contributed by atoms with Crippen LogP contribution in [0.2, 0.25) is 0 Å². The summed E-state index contributed by atoms with van der Waals surface area (Å²) >= 11 is 0.